The van der Waals surface area contributed by atoms with Crippen molar-refractivity contribution in [2.75, 3.05) is 36.0 Å². The lowest BCUT2D eigenvalue weighted by Gasteiger charge is -2.41. The van der Waals surface area contributed by atoms with E-state index in [0.29, 0.717) is 19.1 Å². The van der Waals surface area contributed by atoms with Crippen molar-refractivity contribution >= 4 is 29.2 Å². The van der Waals surface area contributed by atoms with E-state index in [2.05, 4.69) is 4.90 Å². The normalized spacial score (nSPS) is 19.5. The molecule has 0 saturated carbocycles. The van der Waals surface area contributed by atoms with Crippen molar-refractivity contribution < 1.29 is 14.3 Å². The van der Waals surface area contributed by atoms with E-state index in [0.717, 1.165) is 35.7 Å². The molecule has 7 heteroatoms. The molecule has 1 amide bonds. The fraction of sp³-hybridized carbons (Fsp3) is 0.500. The van der Waals surface area contributed by atoms with Crippen LogP contribution in [0.15, 0.2) is 17.0 Å². The largest absolute Gasteiger partial charge is 0.465 e. The van der Waals surface area contributed by atoms with E-state index in [9.17, 15) is 9.18 Å². The van der Waals surface area contributed by atoms with Gasteiger partial charge in [0, 0.05) is 36.3 Å². The van der Waals surface area contributed by atoms with Crippen LogP contribution >= 0.6 is 11.8 Å². The summed E-state index contributed by atoms with van der Waals surface area (Å²) in [4.78, 5) is 15.6. The van der Waals surface area contributed by atoms with Gasteiger partial charge < -0.3 is 20.6 Å². The highest BCUT2D eigenvalue weighted by atomic mass is 32.2. The van der Waals surface area contributed by atoms with Crippen LogP contribution in [0.2, 0.25) is 0 Å². The number of hydrogen-bond donors (Lipinski definition) is 2. The first-order valence-electron chi connectivity index (χ1n) is 7.02. The molecule has 2 heterocycles. The maximum absolute atomic E-state index is 13.6. The highest BCUT2D eigenvalue weighted by molar-refractivity contribution is 7.99. The fourth-order valence-corrected chi connectivity index (χ4v) is 4.04. The van der Waals surface area contributed by atoms with Gasteiger partial charge in [-0.1, -0.05) is 0 Å². The van der Waals surface area contributed by atoms with Crippen LogP contribution in [0.1, 0.15) is 12.8 Å². The van der Waals surface area contributed by atoms with E-state index in [1.807, 2.05) is 0 Å². The van der Waals surface area contributed by atoms with E-state index < -0.39 is 6.09 Å². The molecule has 1 aromatic carbocycles. The summed E-state index contributed by atoms with van der Waals surface area (Å²) < 4.78 is 13.6. The van der Waals surface area contributed by atoms with Crippen LogP contribution in [0.25, 0.3) is 0 Å². The molecule has 3 rings (SSSR count). The zero-order valence-electron chi connectivity index (χ0n) is 11.6. The third kappa shape index (κ3) is 2.74. The van der Waals surface area contributed by atoms with Crippen LogP contribution in [0.4, 0.5) is 20.6 Å². The topological polar surface area (TPSA) is 69.8 Å². The van der Waals surface area contributed by atoms with Crippen LogP contribution in [-0.4, -0.2) is 47.5 Å². The summed E-state index contributed by atoms with van der Waals surface area (Å²) >= 11 is 1.64. The van der Waals surface area contributed by atoms with Crippen LogP contribution in [0, 0.1) is 5.82 Å². The van der Waals surface area contributed by atoms with Gasteiger partial charge >= 0.3 is 6.09 Å². The number of carboxylic acid groups (broad SMARTS) is 1. The van der Waals surface area contributed by atoms with E-state index in [1.165, 1.54) is 11.0 Å². The van der Waals surface area contributed by atoms with Crippen molar-refractivity contribution in [1.82, 2.24) is 4.90 Å². The lowest BCUT2D eigenvalue weighted by molar-refractivity contribution is 0.131. The zero-order valence-corrected chi connectivity index (χ0v) is 12.4. The molecular weight excluding hydrogens is 293 g/mol. The predicted octanol–water partition coefficient (Wildman–Crippen LogP) is 2.46. The fourth-order valence-electron chi connectivity index (χ4n) is 3.02. The molecule has 1 saturated heterocycles. The number of piperidine rings is 1. The minimum Gasteiger partial charge on any atom is -0.465 e. The average Bonchev–Trinajstić information content (AvgIpc) is 2.48. The number of fused-ring (bicyclic) bond motifs is 1. The second-order valence-electron chi connectivity index (χ2n) is 5.38. The van der Waals surface area contributed by atoms with E-state index in [-0.39, 0.29) is 11.5 Å². The SMILES string of the molecule is Nc1cc2c(cc1F)SCCN2C1CCN(C(=O)O)CC1. The van der Waals surface area contributed by atoms with Crippen molar-refractivity contribution in [3.63, 3.8) is 0 Å². The Balaban J connectivity index is 1.80. The Morgan fingerprint density at radius 2 is 2.05 bits per heavy atom. The van der Waals surface area contributed by atoms with Gasteiger partial charge in [0.2, 0.25) is 0 Å². The Kier molecular flexibility index (Phi) is 3.84. The number of benzene rings is 1. The quantitative estimate of drug-likeness (QED) is 0.780. The molecule has 0 unspecified atom stereocenters. The van der Waals surface area contributed by atoms with Gasteiger partial charge in [-0.25, -0.2) is 9.18 Å². The van der Waals surface area contributed by atoms with Gasteiger partial charge in [0.05, 0.1) is 11.4 Å². The highest BCUT2D eigenvalue weighted by Crippen LogP contribution is 2.39. The Bertz CT molecular complexity index is 561. The number of amides is 1. The molecule has 0 atom stereocenters. The Hall–Kier alpha value is -1.63. The summed E-state index contributed by atoms with van der Waals surface area (Å²) in [5.74, 6) is 0.541. The van der Waals surface area contributed by atoms with Crippen molar-refractivity contribution in [1.29, 1.82) is 0 Å². The van der Waals surface area contributed by atoms with Crippen LogP contribution < -0.4 is 10.6 Å². The standard InChI is InChI=1S/C14H18FN3O2S/c15-10-7-13-12(8-11(10)16)18(5-6-21-13)9-1-3-17(4-2-9)14(19)20/h7-9H,1-6,16H2,(H,19,20). The Labute approximate surface area is 126 Å². The maximum atomic E-state index is 13.6. The molecule has 0 aromatic heterocycles. The second-order valence-corrected chi connectivity index (χ2v) is 6.52. The van der Waals surface area contributed by atoms with Gasteiger partial charge in [0.15, 0.2) is 0 Å². The molecule has 2 aliphatic rings. The molecule has 1 aromatic rings. The number of rotatable bonds is 1. The number of halogens is 1. The van der Waals surface area contributed by atoms with Gasteiger partial charge in [-0.05, 0) is 25.0 Å². The van der Waals surface area contributed by atoms with E-state index in [1.54, 1.807) is 17.8 Å². The number of thioether (sulfide) groups is 1. The number of nitrogen functional groups attached to an aromatic ring is 1. The predicted molar refractivity (Wildman–Crippen MR) is 81.5 cm³/mol. The number of hydrogen-bond acceptors (Lipinski definition) is 4. The zero-order chi connectivity index (χ0) is 15.0. The molecule has 2 aliphatic heterocycles. The van der Waals surface area contributed by atoms with Crippen LogP contribution in [0.5, 0.6) is 0 Å². The lowest BCUT2D eigenvalue weighted by atomic mass is 10.0. The van der Waals surface area contributed by atoms with Gasteiger partial charge in [0.25, 0.3) is 0 Å². The van der Waals surface area contributed by atoms with Gasteiger partial charge in [-0.2, -0.15) is 0 Å². The lowest BCUT2D eigenvalue weighted by Crippen LogP contribution is -2.48. The van der Waals surface area contributed by atoms with Crippen LogP contribution in [0.3, 0.4) is 0 Å². The minimum atomic E-state index is -0.852. The van der Waals surface area contributed by atoms with Crippen molar-refractivity contribution in [2.45, 2.75) is 23.8 Å². The highest BCUT2D eigenvalue weighted by Gasteiger charge is 2.30. The number of anilines is 2. The summed E-state index contributed by atoms with van der Waals surface area (Å²) in [5, 5.41) is 9.01. The molecule has 21 heavy (non-hydrogen) atoms. The van der Waals surface area contributed by atoms with Gasteiger partial charge in [-0.3, -0.25) is 0 Å². The number of likely N-dealkylation sites (tertiary alicyclic amines) is 1. The molecular formula is C14H18FN3O2S. The third-order valence-electron chi connectivity index (χ3n) is 4.15. The summed E-state index contributed by atoms with van der Waals surface area (Å²) in [5.41, 5.74) is 6.86. The van der Waals surface area contributed by atoms with E-state index in [4.69, 9.17) is 10.8 Å². The summed E-state index contributed by atoms with van der Waals surface area (Å²) in [6.45, 7) is 1.99. The second kappa shape index (κ2) is 5.63. The van der Waals surface area contributed by atoms with E-state index >= 15 is 0 Å². The summed E-state index contributed by atoms with van der Waals surface area (Å²) in [6, 6.07) is 3.51. The molecule has 0 aliphatic carbocycles. The average molecular weight is 311 g/mol. The van der Waals surface area contributed by atoms with Crippen molar-refractivity contribution in [3.8, 4) is 0 Å². The smallest absolute Gasteiger partial charge is 0.407 e. The molecule has 5 nitrogen and oxygen atoms in total. The maximum Gasteiger partial charge on any atom is 0.407 e. The van der Waals surface area contributed by atoms with Gasteiger partial charge in [0.1, 0.15) is 5.82 Å². The summed E-state index contributed by atoms with van der Waals surface area (Å²) in [6.07, 6.45) is 0.746. The number of nitrogens with zero attached hydrogens (tertiary/aromatic N) is 2. The summed E-state index contributed by atoms with van der Waals surface area (Å²) in [7, 11) is 0. The van der Waals surface area contributed by atoms with Crippen molar-refractivity contribution in [3.05, 3.63) is 17.9 Å². The monoisotopic (exact) mass is 311 g/mol. The van der Waals surface area contributed by atoms with Crippen molar-refractivity contribution in [2.24, 2.45) is 0 Å². The number of carbonyl (C=O) groups is 1. The first-order chi connectivity index (χ1) is 10.1. The first kappa shape index (κ1) is 14.3. The molecule has 0 spiro atoms. The molecule has 114 valence electrons. The van der Waals surface area contributed by atoms with Gasteiger partial charge in [-0.15, -0.1) is 11.8 Å². The molecule has 0 radical (unpaired) electrons. The Morgan fingerprint density at radius 3 is 2.71 bits per heavy atom. The molecule has 3 N–H and O–H groups in total. The number of nitrogens with two attached hydrogens (primary N) is 1. The first-order valence-corrected chi connectivity index (χ1v) is 8.01. The minimum absolute atomic E-state index is 0.171. The Morgan fingerprint density at radius 1 is 1.33 bits per heavy atom. The molecule has 1 fully saturated rings. The van der Waals surface area contributed by atoms with Crippen LogP contribution in [-0.2, 0) is 0 Å². The third-order valence-corrected chi connectivity index (χ3v) is 5.18. The molecule has 0 bridgehead atoms.